The van der Waals surface area contributed by atoms with Crippen molar-refractivity contribution in [1.29, 1.82) is 0 Å². The highest BCUT2D eigenvalue weighted by Gasteiger charge is 2.43. The number of hydrogen-bond acceptors (Lipinski definition) is 4. The number of nitrogens with zero attached hydrogens (tertiary/aromatic N) is 1. The van der Waals surface area contributed by atoms with E-state index in [1.807, 2.05) is 0 Å². The van der Waals surface area contributed by atoms with Gasteiger partial charge in [0.25, 0.3) is 0 Å². The molecule has 0 aromatic carbocycles. The molecular weight excluding hydrogens is 240 g/mol. The fourth-order valence-electron chi connectivity index (χ4n) is 1.51. The van der Waals surface area contributed by atoms with Crippen molar-refractivity contribution < 1.29 is 14.7 Å². The Balaban J connectivity index is 2.12. The lowest BCUT2D eigenvalue weighted by atomic mass is 9.84. The molecule has 2 N–H and O–H groups in total. The van der Waals surface area contributed by atoms with Crippen molar-refractivity contribution in [3.63, 3.8) is 0 Å². The van der Waals surface area contributed by atoms with Crippen LogP contribution in [0.5, 0.6) is 0 Å². The van der Waals surface area contributed by atoms with E-state index in [0.29, 0.717) is 5.69 Å². The number of aromatic nitrogens is 1. The number of rotatable bonds is 5. The summed E-state index contributed by atoms with van der Waals surface area (Å²) in [7, 11) is 0. The highest BCUT2D eigenvalue weighted by molar-refractivity contribution is 7.07. The van der Waals surface area contributed by atoms with Crippen molar-refractivity contribution in [3.05, 3.63) is 16.6 Å². The van der Waals surface area contributed by atoms with Gasteiger partial charge in [0, 0.05) is 17.8 Å². The molecule has 1 fully saturated rings. The molecule has 1 aliphatic rings. The number of nitrogens with one attached hydrogen (secondary N) is 1. The lowest BCUT2D eigenvalue weighted by Gasteiger charge is -2.22. The van der Waals surface area contributed by atoms with Crippen LogP contribution in [0.25, 0.3) is 0 Å². The number of hydrogen-bond donors (Lipinski definition) is 2. The number of amides is 1. The molecular formula is C11H14N2O3S. The summed E-state index contributed by atoms with van der Waals surface area (Å²) in [4.78, 5) is 27.3. The van der Waals surface area contributed by atoms with E-state index in [1.54, 1.807) is 10.9 Å². The number of thiazole rings is 1. The second-order valence-electron chi connectivity index (χ2n) is 4.54. The molecule has 2 rings (SSSR count). The van der Waals surface area contributed by atoms with Gasteiger partial charge in [-0.15, -0.1) is 11.3 Å². The minimum absolute atomic E-state index is 0.129. The van der Waals surface area contributed by atoms with Gasteiger partial charge in [-0.1, -0.05) is 0 Å². The van der Waals surface area contributed by atoms with Gasteiger partial charge in [-0.2, -0.15) is 0 Å². The fraction of sp³-hybridized carbons (Fsp3) is 0.545. The molecule has 0 spiro atoms. The predicted molar refractivity (Wildman–Crippen MR) is 62.7 cm³/mol. The molecule has 92 valence electrons. The number of carbonyl (C=O) groups is 2. The number of aliphatic carboxylic acids is 1. The molecule has 1 aliphatic carbocycles. The molecule has 1 saturated carbocycles. The summed E-state index contributed by atoms with van der Waals surface area (Å²) in [6, 6.07) is 0.164. The van der Waals surface area contributed by atoms with Crippen LogP contribution in [0.4, 0.5) is 0 Å². The highest BCUT2D eigenvalue weighted by atomic mass is 32.1. The highest BCUT2D eigenvalue weighted by Crippen LogP contribution is 2.26. The van der Waals surface area contributed by atoms with Crippen LogP contribution in [-0.4, -0.2) is 28.0 Å². The minimum Gasteiger partial charge on any atom is -0.480 e. The largest absolute Gasteiger partial charge is 0.480 e. The Hall–Kier alpha value is -1.43. The van der Waals surface area contributed by atoms with E-state index in [9.17, 15) is 14.7 Å². The topological polar surface area (TPSA) is 79.3 Å². The first-order valence-electron chi connectivity index (χ1n) is 5.44. The molecule has 1 atom stereocenters. The molecule has 1 heterocycles. The summed E-state index contributed by atoms with van der Waals surface area (Å²) < 4.78 is 0. The van der Waals surface area contributed by atoms with Gasteiger partial charge in [-0.3, -0.25) is 9.59 Å². The van der Waals surface area contributed by atoms with Crippen molar-refractivity contribution >= 4 is 23.2 Å². The lowest BCUT2D eigenvalue weighted by molar-refractivity contribution is -0.154. The first kappa shape index (κ1) is 12.0. The second-order valence-corrected chi connectivity index (χ2v) is 5.26. The van der Waals surface area contributed by atoms with Crippen molar-refractivity contribution in [2.75, 3.05) is 0 Å². The molecule has 0 aliphatic heterocycles. The van der Waals surface area contributed by atoms with Crippen molar-refractivity contribution in [2.24, 2.45) is 5.41 Å². The maximum absolute atomic E-state index is 12.0. The van der Waals surface area contributed by atoms with Gasteiger partial charge < -0.3 is 10.4 Å². The standard InChI is InChI=1S/C11H14N2O3S/c1-11(10(15)16,4-8-5-17-6-12-8)9(14)13-7-2-3-7/h5-7H,2-4H2,1H3,(H,13,14)(H,15,16). The van der Waals surface area contributed by atoms with Gasteiger partial charge >= 0.3 is 5.97 Å². The molecule has 6 heteroatoms. The Morgan fingerprint density at radius 3 is 2.82 bits per heavy atom. The van der Waals surface area contributed by atoms with E-state index in [-0.39, 0.29) is 12.5 Å². The van der Waals surface area contributed by atoms with Crippen molar-refractivity contribution in [1.82, 2.24) is 10.3 Å². The Kier molecular flexibility index (Phi) is 3.15. The molecule has 1 amide bonds. The van der Waals surface area contributed by atoms with E-state index in [2.05, 4.69) is 10.3 Å². The number of carboxylic acids is 1. The molecule has 0 radical (unpaired) electrons. The Labute approximate surface area is 103 Å². The summed E-state index contributed by atoms with van der Waals surface area (Å²) in [5, 5.41) is 13.8. The number of carbonyl (C=O) groups excluding carboxylic acids is 1. The van der Waals surface area contributed by atoms with Crippen LogP contribution >= 0.6 is 11.3 Å². The molecule has 0 bridgehead atoms. The monoisotopic (exact) mass is 254 g/mol. The van der Waals surface area contributed by atoms with Crippen LogP contribution in [0.1, 0.15) is 25.5 Å². The maximum Gasteiger partial charge on any atom is 0.319 e. The zero-order chi connectivity index (χ0) is 12.5. The molecule has 0 saturated heterocycles. The van der Waals surface area contributed by atoms with Gasteiger partial charge in [-0.05, 0) is 19.8 Å². The zero-order valence-electron chi connectivity index (χ0n) is 9.47. The predicted octanol–water partition coefficient (Wildman–Crippen LogP) is 1.06. The molecule has 1 unspecified atom stereocenters. The van der Waals surface area contributed by atoms with E-state index in [1.165, 1.54) is 18.3 Å². The summed E-state index contributed by atoms with van der Waals surface area (Å²) in [5.41, 5.74) is 0.846. The molecule has 1 aromatic heterocycles. The molecule has 5 nitrogen and oxygen atoms in total. The summed E-state index contributed by atoms with van der Waals surface area (Å²) in [5.74, 6) is -1.52. The third-order valence-corrected chi connectivity index (χ3v) is 3.54. The van der Waals surface area contributed by atoms with Crippen molar-refractivity contribution in [2.45, 2.75) is 32.2 Å². The normalized spacial score (nSPS) is 18.4. The van der Waals surface area contributed by atoms with Crippen molar-refractivity contribution in [3.8, 4) is 0 Å². The Morgan fingerprint density at radius 1 is 1.65 bits per heavy atom. The first-order chi connectivity index (χ1) is 8.02. The Bertz CT molecular complexity index is 428. The quantitative estimate of drug-likeness (QED) is 0.770. The summed E-state index contributed by atoms with van der Waals surface area (Å²) >= 11 is 1.39. The van der Waals surface area contributed by atoms with E-state index in [0.717, 1.165) is 12.8 Å². The van der Waals surface area contributed by atoms with Crippen LogP contribution in [0.3, 0.4) is 0 Å². The smallest absolute Gasteiger partial charge is 0.319 e. The Morgan fingerprint density at radius 2 is 2.35 bits per heavy atom. The van der Waals surface area contributed by atoms with Crippen LogP contribution in [-0.2, 0) is 16.0 Å². The average Bonchev–Trinajstić information content (AvgIpc) is 2.93. The van der Waals surface area contributed by atoms with Gasteiger partial charge in [0.2, 0.25) is 5.91 Å². The van der Waals surface area contributed by atoms with Gasteiger partial charge in [-0.25, -0.2) is 4.98 Å². The van der Waals surface area contributed by atoms with Gasteiger partial charge in [0.1, 0.15) is 5.41 Å². The number of carboxylic acid groups (broad SMARTS) is 1. The fourth-order valence-corrected chi connectivity index (χ4v) is 2.07. The van der Waals surface area contributed by atoms with Crippen LogP contribution in [0.15, 0.2) is 10.9 Å². The maximum atomic E-state index is 12.0. The van der Waals surface area contributed by atoms with Crippen LogP contribution < -0.4 is 5.32 Å². The molecule has 17 heavy (non-hydrogen) atoms. The average molecular weight is 254 g/mol. The molecule has 1 aromatic rings. The summed E-state index contributed by atoms with van der Waals surface area (Å²) in [6.45, 7) is 1.45. The van der Waals surface area contributed by atoms with Gasteiger partial charge in [0.15, 0.2) is 0 Å². The van der Waals surface area contributed by atoms with Gasteiger partial charge in [0.05, 0.1) is 11.2 Å². The minimum atomic E-state index is -1.43. The summed E-state index contributed by atoms with van der Waals surface area (Å²) in [6.07, 6.45) is 2.01. The zero-order valence-corrected chi connectivity index (χ0v) is 10.3. The lowest BCUT2D eigenvalue weighted by Crippen LogP contribution is -2.46. The van der Waals surface area contributed by atoms with E-state index >= 15 is 0 Å². The van der Waals surface area contributed by atoms with Crippen LogP contribution in [0, 0.1) is 5.41 Å². The van der Waals surface area contributed by atoms with Crippen LogP contribution in [0.2, 0.25) is 0 Å². The SMILES string of the molecule is CC(Cc1cscn1)(C(=O)O)C(=O)NC1CC1. The van der Waals surface area contributed by atoms with E-state index in [4.69, 9.17) is 0 Å². The van der Waals surface area contributed by atoms with E-state index < -0.39 is 17.3 Å². The second kappa shape index (κ2) is 4.44. The first-order valence-corrected chi connectivity index (χ1v) is 6.38. The third-order valence-electron chi connectivity index (χ3n) is 2.90. The third kappa shape index (κ3) is 2.63.